The van der Waals surface area contributed by atoms with E-state index in [-0.39, 0.29) is 0 Å². The van der Waals surface area contributed by atoms with Gasteiger partial charge in [0.25, 0.3) is 0 Å². The molecule has 0 amide bonds. The van der Waals surface area contributed by atoms with Crippen molar-refractivity contribution >= 4 is 11.6 Å². The summed E-state index contributed by atoms with van der Waals surface area (Å²) in [6, 6.07) is 6.75. The lowest BCUT2D eigenvalue weighted by atomic mass is 9.99. The summed E-state index contributed by atoms with van der Waals surface area (Å²) in [6.07, 6.45) is 4.70. The molecule has 0 unspecified atom stereocenters. The standard InChI is InChI=1S/C13H19Cl/c1-3-5-11-7-8-12(6-4-2)13(9-11)10-14/h7-9H,3-6,10H2,1-2H3. The molecule has 1 aromatic carbocycles. The minimum absolute atomic E-state index is 0.646. The van der Waals surface area contributed by atoms with Gasteiger partial charge in [-0.1, -0.05) is 44.9 Å². The Morgan fingerprint density at radius 2 is 1.71 bits per heavy atom. The molecule has 0 aliphatic carbocycles. The predicted molar refractivity (Wildman–Crippen MR) is 64.0 cm³/mol. The van der Waals surface area contributed by atoms with E-state index in [9.17, 15) is 0 Å². The minimum Gasteiger partial charge on any atom is -0.122 e. The normalized spacial score (nSPS) is 10.5. The molecule has 0 atom stereocenters. The molecule has 14 heavy (non-hydrogen) atoms. The Kier molecular flexibility index (Phi) is 5.03. The number of aryl methyl sites for hydroxylation is 2. The zero-order valence-corrected chi connectivity index (χ0v) is 9.90. The zero-order valence-electron chi connectivity index (χ0n) is 9.15. The average Bonchev–Trinajstić information content (AvgIpc) is 2.21. The largest absolute Gasteiger partial charge is 0.122 e. The number of hydrogen-bond acceptors (Lipinski definition) is 0. The van der Waals surface area contributed by atoms with E-state index in [1.54, 1.807) is 0 Å². The average molecular weight is 211 g/mol. The predicted octanol–water partition coefficient (Wildman–Crippen LogP) is 4.33. The fourth-order valence-electron chi connectivity index (χ4n) is 1.76. The first-order chi connectivity index (χ1) is 6.81. The van der Waals surface area contributed by atoms with Crippen LogP contribution in [0.25, 0.3) is 0 Å². The van der Waals surface area contributed by atoms with Crippen LogP contribution in [0.2, 0.25) is 0 Å². The molecule has 1 aromatic rings. The molecule has 0 bridgehead atoms. The van der Waals surface area contributed by atoms with Crippen molar-refractivity contribution in [2.24, 2.45) is 0 Å². The second-order valence-electron chi connectivity index (χ2n) is 3.74. The van der Waals surface area contributed by atoms with Gasteiger partial charge in [-0.25, -0.2) is 0 Å². The highest BCUT2D eigenvalue weighted by Crippen LogP contribution is 2.17. The summed E-state index contributed by atoms with van der Waals surface area (Å²) >= 11 is 5.94. The second kappa shape index (κ2) is 6.08. The van der Waals surface area contributed by atoms with Crippen LogP contribution < -0.4 is 0 Å². The van der Waals surface area contributed by atoms with E-state index in [1.165, 1.54) is 29.5 Å². The summed E-state index contributed by atoms with van der Waals surface area (Å²) in [7, 11) is 0. The van der Waals surface area contributed by atoms with Gasteiger partial charge >= 0.3 is 0 Å². The van der Waals surface area contributed by atoms with Crippen molar-refractivity contribution in [1.82, 2.24) is 0 Å². The van der Waals surface area contributed by atoms with Gasteiger partial charge in [0, 0.05) is 5.88 Å². The third-order valence-corrected chi connectivity index (χ3v) is 2.76. The van der Waals surface area contributed by atoms with E-state index >= 15 is 0 Å². The molecule has 0 aliphatic heterocycles. The number of hydrogen-bond donors (Lipinski definition) is 0. The van der Waals surface area contributed by atoms with Crippen LogP contribution in [-0.4, -0.2) is 0 Å². The fourth-order valence-corrected chi connectivity index (χ4v) is 2.01. The molecule has 0 saturated carbocycles. The molecule has 0 N–H and O–H groups in total. The lowest BCUT2D eigenvalue weighted by Crippen LogP contribution is -1.94. The van der Waals surface area contributed by atoms with Gasteiger partial charge in [0.2, 0.25) is 0 Å². The maximum atomic E-state index is 5.94. The molecular weight excluding hydrogens is 192 g/mol. The first-order valence-corrected chi connectivity index (χ1v) is 6.01. The molecule has 0 heterocycles. The lowest BCUT2D eigenvalue weighted by Gasteiger charge is -2.08. The molecule has 0 saturated heterocycles. The minimum atomic E-state index is 0.646. The highest BCUT2D eigenvalue weighted by atomic mass is 35.5. The molecule has 0 spiro atoms. The first kappa shape index (κ1) is 11.6. The van der Waals surface area contributed by atoms with E-state index < -0.39 is 0 Å². The van der Waals surface area contributed by atoms with Crippen LogP contribution in [0.15, 0.2) is 18.2 Å². The Morgan fingerprint density at radius 1 is 1.00 bits per heavy atom. The van der Waals surface area contributed by atoms with Crippen molar-refractivity contribution in [2.75, 3.05) is 0 Å². The molecule has 0 fully saturated rings. The maximum absolute atomic E-state index is 5.94. The molecule has 1 rings (SSSR count). The third-order valence-electron chi connectivity index (χ3n) is 2.47. The second-order valence-corrected chi connectivity index (χ2v) is 4.00. The summed E-state index contributed by atoms with van der Waals surface area (Å²) in [4.78, 5) is 0. The Bertz CT molecular complexity index is 279. The van der Waals surface area contributed by atoms with Gasteiger partial charge in [0.1, 0.15) is 0 Å². The van der Waals surface area contributed by atoms with Crippen LogP contribution in [0.5, 0.6) is 0 Å². The van der Waals surface area contributed by atoms with Crippen molar-refractivity contribution in [3.05, 3.63) is 34.9 Å². The summed E-state index contributed by atoms with van der Waals surface area (Å²) < 4.78 is 0. The van der Waals surface area contributed by atoms with Crippen molar-refractivity contribution in [3.63, 3.8) is 0 Å². The van der Waals surface area contributed by atoms with Gasteiger partial charge in [-0.2, -0.15) is 0 Å². The smallest absolute Gasteiger partial charge is 0.0476 e. The van der Waals surface area contributed by atoms with Gasteiger partial charge in [0.15, 0.2) is 0 Å². The zero-order chi connectivity index (χ0) is 10.4. The summed E-state index contributed by atoms with van der Waals surface area (Å²) in [5.74, 6) is 0.646. The van der Waals surface area contributed by atoms with Crippen molar-refractivity contribution in [2.45, 2.75) is 45.4 Å². The van der Waals surface area contributed by atoms with Crippen LogP contribution in [0.3, 0.4) is 0 Å². The first-order valence-electron chi connectivity index (χ1n) is 5.48. The molecule has 0 radical (unpaired) electrons. The number of alkyl halides is 1. The molecule has 0 nitrogen and oxygen atoms in total. The summed E-state index contributed by atoms with van der Waals surface area (Å²) in [6.45, 7) is 4.41. The number of halogens is 1. The van der Waals surface area contributed by atoms with Crippen molar-refractivity contribution in [3.8, 4) is 0 Å². The topological polar surface area (TPSA) is 0 Å². The highest BCUT2D eigenvalue weighted by Gasteiger charge is 2.01. The molecule has 1 heteroatoms. The van der Waals surface area contributed by atoms with Gasteiger partial charge < -0.3 is 0 Å². The molecule has 0 aromatic heterocycles. The summed E-state index contributed by atoms with van der Waals surface area (Å²) in [5.41, 5.74) is 4.16. The summed E-state index contributed by atoms with van der Waals surface area (Å²) in [5, 5.41) is 0. The van der Waals surface area contributed by atoms with Crippen LogP contribution >= 0.6 is 11.6 Å². The van der Waals surface area contributed by atoms with E-state index in [1.807, 2.05) is 0 Å². The van der Waals surface area contributed by atoms with Crippen molar-refractivity contribution in [1.29, 1.82) is 0 Å². The van der Waals surface area contributed by atoms with E-state index in [2.05, 4.69) is 32.0 Å². The van der Waals surface area contributed by atoms with Crippen molar-refractivity contribution < 1.29 is 0 Å². The van der Waals surface area contributed by atoms with Crippen LogP contribution in [-0.2, 0) is 18.7 Å². The maximum Gasteiger partial charge on any atom is 0.0476 e. The van der Waals surface area contributed by atoms with Gasteiger partial charge in [-0.05, 0) is 29.5 Å². The van der Waals surface area contributed by atoms with Gasteiger partial charge in [-0.15, -0.1) is 11.6 Å². The fraction of sp³-hybridized carbons (Fsp3) is 0.538. The Balaban J connectivity index is 2.87. The molecular formula is C13H19Cl. The van der Waals surface area contributed by atoms with Crippen LogP contribution in [0, 0.1) is 0 Å². The molecule has 78 valence electrons. The Hall–Kier alpha value is -0.490. The lowest BCUT2D eigenvalue weighted by molar-refractivity contribution is 0.893. The van der Waals surface area contributed by atoms with E-state index in [0.29, 0.717) is 5.88 Å². The molecule has 0 aliphatic rings. The highest BCUT2D eigenvalue weighted by molar-refractivity contribution is 6.17. The van der Waals surface area contributed by atoms with Gasteiger partial charge in [-0.3, -0.25) is 0 Å². The van der Waals surface area contributed by atoms with Crippen LogP contribution in [0.4, 0.5) is 0 Å². The Morgan fingerprint density at radius 3 is 2.29 bits per heavy atom. The van der Waals surface area contributed by atoms with Gasteiger partial charge in [0.05, 0.1) is 0 Å². The number of rotatable bonds is 5. The third kappa shape index (κ3) is 3.02. The van der Waals surface area contributed by atoms with E-state index in [4.69, 9.17) is 11.6 Å². The number of benzene rings is 1. The van der Waals surface area contributed by atoms with Crippen LogP contribution in [0.1, 0.15) is 43.4 Å². The quantitative estimate of drug-likeness (QED) is 0.635. The monoisotopic (exact) mass is 210 g/mol. The SMILES string of the molecule is CCCc1ccc(CCC)c(CCl)c1. The Labute approximate surface area is 92.3 Å². The van der Waals surface area contributed by atoms with E-state index in [0.717, 1.165) is 12.8 Å².